The zero-order valence-corrected chi connectivity index (χ0v) is 16.0. The largest absolute Gasteiger partial charge is 0.368 e. The van der Waals surface area contributed by atoms with Gasteiger partial charge in [-0.05, 0) is 23.6 Å². The second-order valence-electron chi connectivity index (χ2n) is 6.80. The highest BCUT2D eigenvalue weighted by Gasteiger charge is 2.24. The molecule has 138 valence electrons. The monoisotopic (exact) mass is 380 g/mol. The van der Waals surface area contributed by atoms with Crippen molar-refractivity contribution in [2.45, 2.75) is 32.9 Å². The summed E-state index contributed by atoms with van der Waals surface area (Å²) >= 11 is 1.44. The Morgan fingerprint density at radius 2 is 2.00 bits per heavy atom. The predicted molar refractivity (Wildman–Crippen MR) is 107 cm³/mol. The summed E-state index contributed by atoms with van der Waals surface area (Å²) in [6, 6.07) is 7.89. The lowest BCUT2D eigenvalue weighted by Gasteiger charge is -2.12. The molecule has 0 saturated carbocycles. The molecule has 27 heavy (non-hydrogen) atoms. The van der Waals surface area contributed by atoms with Gasteiger partial charge in [0.1, 0.15) is 5.69 Å². The van der Waals surface area contributed by atoms with Crippen LogP contribution in [0.3, 0.4) is 0 Å². The molecule has 0 atom stereocenters. The van der Waals surface area contributed by atoms with E-state index in [0.717, 1.165) is 22.1 Å². The Hall–Kier alpha value is -3.00. The average molecular weight is 380 g/mol. The van der Waals surface area contributed by atoms with Crippen LogP contribution in [0.4, 0.5) is 16.8 Å². The Morgan fingerprint density at radius 3 is 2.74 bits per heavy atom. The van der Waals surface area contributed by atoms with Gasteiger partial charge in [0.05, 0.1) is 12.2 Å². The Bertz CT molecular complexity index is 982. The number of hydrogen-bond acceptors (Lipinski definition) is 7. The molecule has 0 radical (unpaired) electrons. The van der Waals surface area contributed by atoms with Crippen LogP contribution in [0.2, 0.25) is 0 Å². The minimum Gasteiger partial charge on any atom is -0.368 e. The molecule has 8 heteroatoms. The Kier molecular flexibility index (Phi) is 4.49. The van der Waals surface area contributed by atoms with E-state index in [0.29, 0.717) is 24.7 Å². The summed E-state index contributed by atoms with van der Waals surface area (Å²) in [4.78, 5) is 27.4. The molecule has 7 nitrogen and oxygen atoms in total. The van der Waals surface area contributed by atoms with E-state index in [1.165, 1.54) is 16.9 Å². The van der Waals surface area contributed by atoms with Crippen molar-refractivity contribution in [1.82, 2.24) is 15.0 Å². The molecule has 3 N–H and O–H groups in total. The number of carbonyl (C=O) groups excluding carboxylic acids is 1. The third-order valence-electron chi connectivity index (χ3n) is 4.51. The van der Waals surface area contributed by atoms with Crippen LogP contribution in [0.25, 0.3) is 0 Å². The second kappa shape index (κ2) is 6.96. The highest BCUT2D eigenvalue weighted by molar-refractivity contribution is 7.13. The summed E-state index contributed by atoms with van der Waals surface area (Å²) in [5.41, 5.74) is 10.0. The van der Waals surface area contributed by atoms with Crippen LogP contribution in [0.5, 0.6) is 0 Å². The number of amides is 1. The van der Waals surface area contributed by atoms with Crippen LogP contribution in [-0.4, -0.2) is 20.9 Å². The second-order valence-corrected chi connectivity index (χ2v) is 7.64. The van der Waals surface area contributed by atoms with Gasteiger partial charge in [-0.1, -0.05) is 26.0 Å². The van der Waals surface area contributed by atoms with Crippen molar-refractivity contribution in [3.63, 3.8) is 0 Å². The molecular weight excluding hydrogens is 360 g/mol. The number of benzene rings is 1. The van der Waals surface area contributed by atoms with E-state index in [1.54, 1.807) is 11.6 Å². The molecule has 4 rings (SSSR count). The van der Waals surface area contributed by atoms with Gasteiger partial charge in [0, 0.05) is 29.4 Å². The normalized spacial score (nSPS) is 13.1. The highest BCUT2D eigenvalue weighted by Crippen LogP contribution is 2.29. The summed E-state index contributed by atoms with van der Waals surface area (Å²) in [7, 11) is 0. The molecule has 0 aliphatic carbocycles. The van der Waals surface area contributed by atoms with Gasteiger partial charge >= 0.3 is 0 Å². The van der Waals surface area contributed by atoms with Crippen molar-refractivity contribution in [2.75, 3.05) is 16.0 Å². The van der Waals surface area contributed by atoms with E-state index >= 15 is 0 Å². The molecule has 1 aliphatic heterocycles. The number of fused-ring (bicyclic) bond motifs is 1. The molecule has 2 aromatic heterocycles. The van der Waals surface area contributed by atoms with Gasteiger partial charge in [0.15, 0.2) is 5.13 Å². The number of nitrogens with two attached hydrogens (primary N) is 1. The number of thiazole rings is 1. The summed E-state index contributed by atoms with van der Waals surface area (Å²) < 4.78 is 0. The number of aromatic nitrogens is 3. The summed E-state index contributed by atoms with van der Waals surface area (Å²) in [6.45, 7) is 5.57. The first kappa shape index (κ1) is 17.4. The topological polar surface area (TPSA) is 97.0 Å². The van der Waals surface area contributed by atoms with E-state index in [1.807, 2.05) is 24.3 Å². The fourth-order valence-corrected chi connectivity index (χ4v) is 3.77. The molecule has 0 unspecified atom stereocenters. The lowest BCUT2D eigenvalue weighted by atomic mass is 10.0. The van der Waals surface area contributed by atoms with E-state index in [9.17, 15) is 4.79 Å². The lowest BCUT2D eigenvalue weighted by molar-refractivity contribution is 0.102. The minimum atomic E-state index is -0.212. The maximum Gasteiger partial charge on any atom is 0.275 e. The molecule has 1 aliphatic rings. The van der Waals surface area contributed by atoms with Crippen molar-refractivity contribution < 1.29 is 4.79 Å². The van der Waals surface area contributed by atoms with Crippen molar-refractivity contribution >= 4 is 34.0 Å². The first-order chi connectivity index (χ1) is 13.0. The maximum atomic E-state index is 12.5. The third kappa shape index (κ3) is 3.61. The Labute approximate surface area is 161 Å². The van der Waals surface area contributed by atoms with Gasteiger partial charge in [-0.3, -0.25) is 4.79 Å². The van der Waals surface area contributed by atoms with Crippen molar-refractivity contribution in [3.8, 4) is 0 Å². The highest BCUT2D eigenvalue weighted by atomic mass is 32.1. The number of nitrogens with zero attached hydrogens (tertiary/aromatic N) is 4. The van der Waals surface area contributed by atoms with Gasteiger partial charge in [-0.2, -0.15) is 0 Å². The minimum absolute atomic E-state index is 0.212. The molecule has 0 spiro atoms. The summed E-state index contributed by atoms with van der Waals surface area (Å²) in [6.07, 6.45) is 1.75. The zero-order valence-electron chi connectivity index (χ0n) is 15.1. The number of rotatable bonds is 4. The van der Waals surface area contributed by atoms with Gasteiger partial charge in [-0.15, -0.1) is 11.3 Å². The Balaban J connectivity index is 1.44. The number of carbonyl (C=O) groups is 1. The first-order valence-electron chi connectivity index (χ1n) is 8.71. The third-order valence-corrected chi connectivity index (χ3v) is 5.41. The van der Waals surface area contributed by atoms with Gasteiger partial charge in [-0.25, -0.2) is 15.0 Å². The predicted octanol–water partition coefficient (Wildman–Crippen LogP) is 3.41. The van der Waals surface area contributed by atoms with Crippen LogP contribution < -0.4 is 16.0 Å². The van der Waals surface area contributed by atoms with Gasteiger partial charge in [0.25, 0.3) is 5.91 Å². The lowest BCUT2D eigenvalue weighted by Crippen LogP contribution is -2.16. The number of anilines is 3. The summed E-state index contributed by atoms with van der Waals surface area (Å²) in [5, 5.41) is 5.46. The standard InChI is InChI=1S/C19H20N6OS/c1-11(2)12-3-5-14(6-4-12)22-17(26)16-10-27-19(24-16)25-8-13-7-21-18(20)23-15(13)9-25/h3-7,10-11H,8-9H2,1-2H3,(H,22,26)(H2,20,21,23). The Morgan fingerprint density at radius 1 is 1.22 bits per heavy atom. The zero-order chi connectivity index (χ0) is 19.0. The molecule has 3 heterocycles. The van der Waals surface area contributed by atoms with Crippen LogP contribution in [0.15, 0.2) is 35.8 Å². The van der Waals surface area contributed by atoms with Crippen LogP contribution in [0.1, 0.15) is 47.1 Å². The molecule has 0 bridgehead atoms. The van der Waals surface area contributed by atoms with Gasteiger partial charge in [0.2, 0.25) is 5.95 Å². The van der Waals surface area contributed by atoms with Crippen molar-refractivity contribution in [1.29, 1.82) is 0 Å². The van der Waals surface area contributed by atoms with Crippen molar-refractivity contribution in [2.24, 2.45) is 0 Å². The summed E-state index contributed by atoms with van der Waals surface area (Å²) in [5.74, 6) is 0.523. The van der Waals surface area contributed by atoms with Crippen LogP contribution in [0, 0.1) is 0 Å². The van der Waals surface area contributed by atoms with E-state index in [-0.39, 0.29) is 11.9 Å². The first-order valence-corrected chi connectivity index (χ1v) is 9.59. The maximum absolute atomic E-state index is 12.5. The fourth-order valence-electron chi connectivity index (χ4n) is 2.96. The number of nitrogens with one attached hydrogen (secondary N) is 1. The van der Waals surface area contributed by atoms with Crippen molar-refractivity contribution in [3.05, 3.63) is 58.4 Å². The molecule has 1 amide bonds. The average Bonchev–Trinajstić information content (AvgIpc) is 3.28. The quantitative estimate of drug-likeness (QED) is 0.720. The van der Waals surface area contributed by atoms with E-state index in [2.05, 4.69) is 39.0 Å². The van der Waals surface area contributed by atoms with Gasteiger partial charge < -0.3 is 16.0 Å². The number of hydrogen-bond donors (Lipinski definition) is 2. The van der Waals surface area contributed by atoms with E-state index in [4.69, 9.17) is 5.73 Å². The molecule has 0 saturated heterocycles. The SMILES string of the molecule is CC(C)c1ccc(NC(=O)c2csc(N3Cc4cnc(N)nc4C3)n2)cc1. The van der Waals surface area contributed by atoms with Crippen LogP contribution >= 0.6 is 11.3 Å². The molecule has 0 fully saturated rings. The smallest absolute Gasteiger partial charge is 0.275 e. The molecule has 3 aromatic rings. The van der Waals surface area contributed by atoms with E-state index < -0.39 is 0 Å². The fraction of sp³-hybridized carbons (Fsp3) is 0.263. The number of nitrogen functional groups attached to an aromatic ring is 1. The molecule has 1 aromatic carbocycles. The molecular formula is C19H20N6OS. The van der Waals surface area contributed by atoms with Crippen LogP contribution in [-0.2, 0) is 13.1 Å².